The average Bonchev–Trinajstić information content (AvgIpc) is 3.40. The van der Waals surface area contributed by atoms with Crippen molar-refractivity contribution >= 4 is 28.2 Å². The molecule has 0 saturated carbocycles. The highest BCUT2D eigenvalue weighted by Gasteiger charge is 2.34. The van der Waals surface area contributed by atoms with Gasteiger partial charge in [-0.25, -0.2) is 15.0 Å². The van der Waals surface area contributed by atoms with Crippen molar-refractivity contribution in [3.63, 3.8) is 0 Å². The normalized spacial score (nSPS) is 12.1. The zero-order chi connectivity index (χ0) is 24.0. The first-order chi connectivity index (χ1) is 16.2. The van der Waals surface area contributed by atoms with Crippen LogP contribution in [0.5, 0.6) is 0 Å². The second-order valence-corrected chi connectivity index (χ2v) is 7.66. The highest BCUT2D eigenvalue weighted by molar-refractivity contribution is 5.95. The van der Waals surface area contributed by atoms with E-state index in [0.29, 0.717) is 5.56 Å². The molecular formula is C21H16F3N9O. The summed E-state index contributed by atoms with van der Waals surface area (Å²) in [6.45, 7) is 3.91. The van der Waals surface area contributed by atoms with Gasteiger partial charge in [0.15, 0.2) is 11.5 Å². The van der Waals surface area contributed by atoms with Gasteiger partial charge in [0.2, 0.25) is 5.95 Å². The Labute approximate surface area is 189 Å². The Balaban J connectivity index is 1.79. The molecular weight excluding hydrogens is 451 g/mol. The van der Waals surface area contributed by atoms with Gasteiger partial charge in [-0.3, -0.25) is 14.5 Å². The van der Waals surface area contributed by atoms with Gasteiger partial charge in [0.1, 0.15) is 5.69 Å². The van der Waals surface area contributed by atoms with E-state index < -0.39 is 17.3 Å². The summed E-state index contributed by atoms with van der Waals surface area (Å²) in [5, 5.41) is 11.6. The van der Waals surface area contributed by atoms with Crippen LogP contribution in [0.3, 0.4) is 0 Å². The highest BCUT2D eigenvalue weighted by Crippen LogP contribution is 2.36. The number of rotatable bonds is 4. The maximum atomic E-state index is 13.8. The molecule has 10 nitrogen and oxygen atoms in total. The number of halogens is 3. The third kappa shape index (κ3) is 3.70. The van der Waals surface area contributed by atoms with Crippen LogP contribution in [0.2, 0.25) is 0 Å². The fourth-order valence-electron chi connectivity index (χ4n) is 3.39. The fourth-order valence-corrected chi connectivity index (χ4v) is 3.39. The molecule has 0 aliphatic carbocycles. The summed E-state index contributed by atoms with van der Waals surface area (Å²) in [7, 11) is 0. The van der Waals surface area contributed by atoms with Crippen molar-refractivity contribution in [2.24, 2.45) is 0 Å². The van der Waals surface area contributed by atoms with Gasteiger partial charge < -0.3 is 5.32 Å². The summed E-state index contributed by atoms with van der Waals surface area (Å²) in [5.74, 6) is 0.0833. The molecule has 4 heterocycles. The molecule has 5 rings (SSSR count). The molecule has 0 bridgehead atoms. The summed E-state index contributed by atoms with van der Waals surface area (Å²) >= 11 is 0. The topological polar surface area (TPSA) is 116 Å². The zero-order valence-electron chi connectivity index (χ0n) is 17.8. The van der Waals surface area contributed by atoms with E-state index in [1.165, 1.54) is 35.2 Å². The summed E-state index contributed by atoms with van der Waals surface area (Å²) in [6, 6.07) is 3.79. The van der Waals surface area contributed by atoms with Crippen molar-refractivity contribution in [2.75, 3.05) is 5.32 Å². The first-order valence-corrected chi connectivity index (χ1v) is 10.1. The Morgan fingerprint density at radius 3 is 2.65 bits per heavy atom. The lowest BCUT2D eigenvalue weighted by molar-refractivity contribution is -0.136. The van der Waals surface area contributed by atoms with Crippen LogP contribution in [0.4, 0.5) is 24.8 Å². The van der Waals surface area contributed by atoms with E-state index in [4.69, 9.17) is 0 Å². The van der Waals surface area contributed by atoms with Gasteiger partial charge in [-0.1, -0.05) is 6.07 Å². The molecule has 0 fully saturated rings. The second-order valence-electron chi connectivity index (χ2n) is 7.66. The van der Waals surface area contributed by atoms with Gasteiger partial charge >= 0.3 is 6.18 Å². The number of hydrogen-bond donors (Lipinski definition) is 1. The average molecular weight is 467 g/mol. The van der Waals surface area contributed by atoms with Crippen molar-refractivity contribution in [3.05, 3.63) is 65.1 Å². The smallest absolute Gasteiger partial charge is 0.318 e. The van der Waals surface area contributed by atoms with Gasteiger partial charge in [-0.05, 0) is 26.0 Å². The first kappa shape index (κ1) is 21.4. The summed E-state index contributed by atoms with van der Waals surface area (Å²) in [5.41, 5.74) is -1.34. The molecule has 0 aliphatic heterocycles. The summed E-state index contributed by atoms with van der Waals surface area (Å²) in [4.78, 5) is 28.5. The minimum atomic E-state index is -4.66. The van der Waals surface area contributed by atoms with E-state index >= 15 is 0 Å². The molecule has 1 aromatic carbocycles. The molecule has 4 aromatic heterocycles. The number of para-hydroxylation sites is 1. The van der Waals surface area contributed by atoms with Crippen LogP contribution in [-0.2, 0) is 6.18 Å². The third-order valence-corrected chi connectivity index (χ3v) is 5.02. The summed E-state index contributed by atoms with van der Waals surface area (Å²) < 4.78 is 44.2. The molecule has 0 aliphatic rings. The molecule has 1 N–H and O–H groups in total. The van der Waals surface area contributed by atoms with Gasteiger partial charge in [0.05, 0.1) is 29.0 Å². The molecule has 34 heavy (non-hydrogen) atoms. The number of hydrogen-bond acceptors (Lipinski definition) is 8. The van der Waals surface area contributed by atoms with Crippen molar-refractivity contribution < 1.29 is 13.2 Å². The minimum Gasteiger partial charge on any atom is -0.318 e. The van der Waals surface area contributed by atoms with Gasteiger partial charge in [0.25, 0.3) is 5.56 Å². The van der Waals surface area contributed by atoms with E-state index in [0.717, 1.165) is 6.07 Å². The van der Waals surface area contributed by atoms with Crippen LogP contribution in [0.25, 0.3) is 27.9 Å². The van der Waals surface area contributed by atoms with Crippen molar-refractivity contribution in [3.8, 4) is 11.4 Å². The second kappa shape index (κ2) is 7.86. The SMILES string of the molecule is CC(C)n1cc(-c2nc3c4cccc(C(F)(F)F)c4nc(Nc4cnccnc4=O)n3n2)cn1. The van der Waals surface area contributed by atoms with E-state index in [1.54, 1.807) is 17.1 Å². The van der Waals surface area contributed by atoms with E-state index in [-0.39, 0.29) is 40.1 Å². The molecule has 0 amide bonds. The van der Waals surface area contributed by atoms with Gasteiger partial charge in [-0.2, -0.15) is 22.8 Å². The number of fused-ring (bicyclic) bond motifs is 3. The fraction of sp³-hybridized carbons (Fsp3) is 0.190. The largest absolute Gasteiger partial charge is 0.418 e. The molecule has 0 unspecified atom stereocenters. The van der Waals surface area contributed by atoms with Crippen molar-refractivity contribution in [1.29, 1.82) is 0 Å². The van der Waals surface area contributed by atoms with E-state index in [1.807, 2.05) is 13.8 Å². The Hall–Kier alpha value is -4.42. The maximum Gasteiger partial charge on any atom is 0.418 e. The van der Waals surface area contributed by atoms with Crippen LogP contribution in [0.15, 0.2) is 54.0 Å². The number of alkyl halides is 3. The van der Waals surface area contributed by atoms with Crippen LogP contribution < -0.4 is 10.9 Å². The van der Waals surface area contributed by atoms with Gasteiger partial charge in [-0.15, -0.1) is 5.10 Å². The van der Waals surface area contributed by atoms with Crippen molar-refractivity contribution in [1.82, 2.24) is 39.3 Å². The zero-order valence-corrected chi connectivity index (χ0v) is 17.8. The monoisotopic (exact) mass is 467 g/mol. The molecule has 0 spiro atoms. The van der Waals surface area contributed by atoms with Crippen LogP contribution >= 0.6 is 0 Å². The third-order valence-electron chi connectivity index (χ3n) is 5.02. The Morgan fingerprint density at radius 1 is 1.09 bits per heavy atom. The lowest BCUT2D eigenvalue weighted by atomic mass is 10.1. The first-order valence-electron chi connectivity index (χ1n) is 10.1. The number of nitrogens with one attached hydrogen (secondary N) is 1. The van der Waals surface area contributed by atoms with Crippen LogP contribution in [0, 0.1) is 0 Å². The molecule has 0 radical (unpaired) electrons. The Morgan fingerprint density at radius 2 is 1.91 bits per heavy atom. The van der Waals surface area contributed by atoms with Crippen LogP contribution in [0.1, 0.15) is 25.5 Å². The molecule has 13 heteroatoms. The molecule has 172 valence electrons. The number of aromatic nitrogens is 8. The van der Waals surface area contributed by atoms with Gasteiger partial charge in [0, 0.05) is 30.0 Å². The van der Waals surface area contributed by atoms with Crippen LogP contribution in [-0.4, -0.2) is 39.3 Å². The lowest BCUT2D eigenvalue weighted by Crippen LogP contribution is -2.13. The molecule has 0 atom stereocenters. The molecule has 5 aromatic rings. The predicted octanol–water partition coefficient (Wildman–Crippen LogP) is 3.63. The minimum absolute atomic E-state index is 0.0904. The predicted molar refractivity (Wildman–Crippen MR) is 116 cm³/mol. The number of anilines is 2. The Bertz CT molecular complexity index is 1590. The quantitative estimate of drug-likeness (QED) is 0.426. The van der Waals surface area contributed by atoms with Crippen molar-refractivity contribution in [2.45, 2.75) is 26.1 Å². The number of benzene rings is 1. The standard InChI is InChI=1S/C21H16F3N9O/c1-11(2)32-10-12(8-27-32)17-30-18-13-4-3-5-14(21(22,23)24)16(13)29-20(33(18)31-17)28-15-9-25-6-7-26-19(15)34/h3-11H,1-2H3,(H,26,28,29,34). The lowest BCUT2D eigenvalue weighted by Gasteiger charge is -2.12. The van der Waals surface area contributed by atoms with E-state index in [9.17, 15) is 18.0 Å². The molecule has 0 saturated heterocycles. The Kier molecular flexibility index (Phi) is 4.96. The maximum absolute atomic E-state index is 13.8. The highest BCUT2D eigenvalue weighted by atomic mass is 19.4. The van der Waals surface area contributed by atoms with E-state index in [2.05, 4.69) is 35.5 Å². The summed E-state index contributed by atoms with van der Waals surface area (Å²) in [6.07, 6.45) is 2.36. The number of nitrogens with zero attached hydrogens (tertiary/aromatic N) is 8.